The molecule has 1 heterocycles. The predicted molar refractivity (Wildman–Crippen MR) is 120 cm³/mol. The Morgan fingerprint density at radius 2 is 1.58 bits per heavy atom. The molecular weight excluding hydrogens is 394 g/mol. The fraction of sp³-hybridized carbons (Fsp3) is 0.360. The number of ether oxygens (including phenoxy) is 2. The zero-order chi connectivity index (χ0) is 22.7. The maximum Gasteiger partial charge on any atom is 0.294 e. The summed E-state index contributed by atoms with van der Waals surface area (Å²) in [4.78, 5) is 27.6. The second-order valence-corrected chi connectivity index (χ2v) is 8.29. The summed E-state index contributed by atoms with van der Waals surface area (Å²) < 4.78 is 10.9. The van der Waals surface area contributed by atoms with Gasteiger partial charge < -0.3 is 14.6 Å². The van der Waals surface area contributed by atoms with Gasteiger partial charge in [0.2, 0.25) is 0 Å². The fourth-order valence-electron chi connectivity index (χ4n) is 3.70. The number of hydrogen-bond donors (Lipinski definition) is 1. The summed E-state index contributed by atoms with van der Waals surface area (Å²) in [5.74, 6) is 0.126. The third-order valence-corrected chi connectivity index (χ3v) is 5.02. The second-order valence-electron chi connectivity index (χ2n) is 8.29. The van der Waals surface area contributed by atoms with Gasteiger partial charge in [-0.25, -0.2) is 0 Å². The van der Waals surface area contributed by atoms with E-state index in [-0.39, 0.29) is 29.8 Å². The van der Waals surface area contributed by atoms with E-state index in [1.807, 2.05) is 52.0 Å². The summed E-state index contributed by atoms with van der Waals surface area (Å²) in [6, 6.07) is 13.5. The van der Waals surface area contributed by atoms with Crippen molar-refractivity contribution in [1.29, 1.82) is 0 Å². The SMILES string of the molecule is COc1ccc(N2C(=O)C(O)=C(C(=O)CC(C)C)C2c2ccc(OC(C)C)cc2)cc1. The third kappa shape index (κ3) is 4.74. The lowest BCUT2D eigenvalue weighted by Gasteiger charge is -2.27. The molecule has 0 radical (unpaired) electrons. The van der Waals surface area contributed by atoms with Crippen LogP contribution in [0, 0.1) is 5.92 Å². The molecule has 0 saturated heterocycles. The van der Waals surface area contributed by atoms with Crippen molar-refractivity contribution in [2.45, 2.75) is 46.3 Å². The normalized spacial score (nSPS) is 16.4. The molecule has 31 heavy (non-hydrogen) atoms. The van der Waals surface area contributed by atoms with E-state index in [1.54, 1.807) is 31.4 Å². The van der Waals surface area contributed by atoms with E-state index < -0.39 is 17.7 Å². The van der Waals surface area contributed by atoms with Gasteiger partial charge in [-0.15, -0.1) is 0 Å². The smallest absolute Gasteiger partial charge is 0.294 e. The minimum absolute atomic E-state index is 0.0295. The molecule has 3 rings (SSSR count). The van der Waals surface area contributed by atoms with E-state index in [0.29, 0.717) is 17.2 Å². The molecule has 2 aromatic carbocycles. The van der Waals surface area contributed by atoms with E-state index in [2.05, 4.69) is 0 Å². The van der Waals surface area contributed by atoms with Crippen molar-refractivity contribution in [3.63, 3.8) is 0 Å². The Labute approximate surface area is 183 Å². The average Bonchev–Trinajstić information content (AvgIpc) is 2.99. The molecule has 1 unspecified atom stereocenters. The molecule has 6 nitrogen and oxygen atoms in total. The van der Waals surface area contributed by atoms with Gasteiger partial charge in [0.25, 0.3) is 5.91 Å². The van der Waals surface area contributed by atoms with Crippen LogP contribution < -0.4 is 14.4 Å². The highest BCUT2D eigenvalue weighted by molar-refractivity contribution is 6.16. The Kier molecular flexibility index (Phi) is 6.68. The number of Topliss-reactive ketones (excluding diaryl/α,β-unsaturated/α-hetero) is 1. The first-order chi connectivity index (χ1) is 14.7. The number of carbonyl (C=O) groups excluding carboxylic acids is 2. The Morgan fingerprint density at radius 3 is 2.10 bits per heavy atom. The van der Waals surface area contributed by atoms with Gasteiger partial charge in [-0.2, -0.15) is 0 Å². The van der Waals surface area contributed by atoms with E-state index in [0.717, 1.165) is 5.56 Å². The lowest BCUT2D eigenvalue weighted by Crippen LogP contribution is -2.31. The number of amides is 1. The molecule has 0 bridgehead atoms. The summed E-state index contributed by atoms with van der Waals surface area (Å²) in [6.07, 6.45) is 0.274. The van der Waals surface area contributed by atoms with Crippen LogP contribution in [0.4, 0.5) is 5.69 Å². The molecule has 6 heteroatoms. The fourth-order valence-corrected chi connectivity index (χ4v) is 3.70. The largest absolute Gasteiger partial charge is 0.503 e. The van der Waals surface area contributed by atoms with Crippen molar-refractivity contribution in [3.05, 3.63) is 65.4 Å². The Bertz CT molecular complexity index is 974. The number of aliphatic hydroxyl groups is 1. The lowest BCUT2D eigenvalue weighted by atomic mass is 9.92. The van der Waals surface area contributed by atoms with Crippen molar-refractivity contribution in [2.24, 2.45) is 5.92 Å². The van der Waals surface area contributed by atoms with Crippen molar-refractivity contribution in [1.82, 2.24) is 0 Å². The highest BCUT2D eigenvalue weighted by Gasteiger charge is 2.44. The van der Waals surface area contributed by atoms with Crippen molar-refractivity contribution in [3.8, 4) is 11.5 Å². The number of ketones is 1. The van der Waals surface area contributed by atoms with Crippen LogP contribution in [0.15, 0.2) is 59.9 Å². The van der Waals surface area contributed by atoms with Gasteiger partial charge in [-0.05, 0) is 61.7 Å². The van der Waals surface area contributed by atoms with Gasteiger partial charge in [0, 0.05) is 12.1 Å². The van der Waals surface area contributed by atoms with Crippen LogP contribution >= 0.6 is 0 Å². The summed E-state index contributed by atoms with van der Waals surface area (Å²) >= 11 is 0. The Hall–Kier alpha value is -3.28. The standard InChI is InChI=1S/C25H29NO5/c1-15(2)14-21(27)22-23(17-6-10-20(11-7-17)31-16(3)4)26(25(29)24(22)28)18-8-12-19(30-5)13-9-18/h6-13,15-16,23,28H,14H2,1-5H3. The zero-order valence-electron chi connectivity index (χ0n) is 18.6. The molecule has 0 fully saturated rings. The maximum absolute atomic E-state index is 13.1. The molecule has 1 amide bonds. The molecule has 0 spiro atoms. The van der Waals surface area contributed by atoms with E-state index in [4.69, 9.17) is 9.47 Å². The number of rotatable bonds is 8. The van der Waals surface area contributed by atoms with Crippen LogP contribution in [0.3, 0.4) is 0 Å². The molecule has 0 aromatic heterocycles. The number of aliphatic hydroxyl groups excluding tert-OH is 1. The van der Waals surface area contributed by atoms with Gasteiger partial charge in [0.15, 0.2) is 11.5 Å². The number of nitrogens with zero attached hydrogens (tertiary/aromatic N) is 1. The first-order valence-corrected chi connectivity index (χ1v) is 10.4. The molecule has 1 atom stereocenters. The number of carbonyl (C=O) groups is 2. The molecule has 0 saturated carbocycles. The summed E-state index contributed by atoms with van der Waals surface area (Å²) in [5.41, 5.74) is 1.42. The maximum atomic E-state index is 13.1. The molecular formula is C25H29NO5. The number of anilines is 1. The molecule has 1 aliphatic rings. The summed E-state index contributed by atoms with van der Waals surface area (Å²) in [5, 5.41) is 10.7. The zero-order valence-corrected chi connectivity index (χ0v) is 18.6. The molecule has 1 N–H and O–H groups in total. The van der Waals surface area contributed by atoms with Crippen LogP contribution in [0.5, 0.6) is 11.5 Å². The van der Waals surface area contributed by atoms with Gasteiger partial charge in [0.05, 0.1) is 24.8 Å². The molecule has 164 valence electrons. The molecule has 0 aliphatic carbocycles. The van der Waals surface area contributed by atoms with Crippen LogP contribution in [0.2, 0.25) is 0 Å². The van der Waals surface area contributed by atoms with E-state index in [1.165, 1.54) is 4.90 Å². The Morgan fingerprint density at radius 1 is 1.00 bits per heavy atom. The van der Waals surface area contributed by atoms with Gasteiger partial charge >= 0.3 is 0 Å². The Balaban J connectivity index is 2.07. The van der Waals surface area contributed by atoms with Crippen molar-refractivity contribution in [2.75, 3.05) is 12.0 Å². The minimum Gasteiger partial charge on any atom is -0.503 e. The lowest BCUT2D eigenvalue weighted by molar-refractivity contribution is -0.118. The van der Waals surface area contributed by atoms with Crippen LogP contribution in [-0.4, -0.2) is 30.0 Å². The molecule has 1 aliphatic heterocycles. The van der Waals surface area contributed by atoms with Crippen LogP contribution in [-0.2, 0) is 9.59 Å². The third-order valence-electron chi connectivity index (χ3n) is 5.02. The van der Waals surface area contributed by atoms with E-state index in [9.17, 15) is 14.7 Å². The topological polar surface area (TPSA) is 76.1 Å². The quantitative estimate of drug-likeness (QED) is 0.647. The van der Waals surface area contributed by atoms with Crippen LogP contribution in [0.1, 0.15) is 45.7 Å². The second kappa shape index (κ2) is 9.25. The van der Waals surface area contributed by atoms with Gasteiger partial charge in [-0.3, -0.25) is 14.5 Å². The number of benzene rings is 2. The van der Waals surface area contributed by atoms with Gasteiger partial charge in [-0.1, -0.05) is 26.0 Å². The minimum atomic E-state index is -0.722. The van der Waals surface area contributed by atoms with Crippen LogP contribution in [0.25, 0.3) is 0 Å². The number of hydrogen-bond acceptors (Lipinski definition) is 5. The average molecular weight is 424 g/mol. The molecule has 2 aromatic rings. The summed E-state index contributed by atoms with van der Waals surface area (Å²) in [7, 11) is 1.57. The first kappa shape index (κ1) is 22.4. The van der Waals surface area contributed by atoms with Gasteiger partial charge in [0.1, 0.15) is 11.5 Å². The monoisotopic (exact) mass is 423 g/mol. The highest BCUT2D eigenvalue weighted by Crippen LogP contribution is 2.42. The summed E-state index contributed by atoms with van der Waals surface area (Å²) in [6.45, 7) is 7.75. The van der Waals surface area contributed by atoms with E-state index >= 15 is 0 Å². The number of methoxy groups -OCH3 is 1. The first-order valence-electron chi connectivity index (χ1n) is 10.4. The van der Waals surface area contributed by atoms with Crippen molar-refractivity contribution >= 4 is 17.4 Å². The van der Waals surface area contributed by atoms with Crippen molar-refractivity contribution < 1.29 is 24.2 Å². The highest BCUT2D eigenvalue weighted by atomic mass is 16.5. The predicted octanol–water partition coefficient (Wildman–Crippen LogP) is 5.00.